The second-order valence-corrected chi connectivity index (χ2v) is 12.9. The molecule has 0 bridgehead atoms. The van der Waals surface area contributed by atoms with Crippen molar-refractivity contribution in [3.8, 4) is 0 Å². The minimum atomic E-state index is -12.3. The molecule has 0 atom stereocenters. The van der Waals surface area contributed by atoms with Crippen LogP contribution in [-0.4, -0.2) is 23.3 Å². The minimum absolute atomic E-state index is 3.86. The number of benzene rings is 3. The SMILES string of the molecule is Fc1c(F)c(F)c([SH](F)(c2c(F)c(F)c(F)c(F)c2F)(c2c(F)c(F)c(F)c(F)c2F)C(F)(F)C(F)(F)C(F)(F)C(F)(F)F)c(F)c1F. The van der Waals surface area contributed by atoms with Crippen LogP contribution in [0.2, 0.25) is 0 Å². The molecule has 0 aliphatic carbocycles. The van der Waals surface area contributed by atoms with Crippen molar-refractivity contribution < 1.29 is 109 Å². The molecule has 3 aromatic rings. The van der Waals surface area contributed by atoms with E-state index in [1.807, 2.05) is 0 Å². The van der Waals surface area contributed by atoms with Crippen molar-refractivity contribution in [2.45, 2.75) is 38.0 Å². The molecule has 270 valence electrons. The molecular weight excluding hydrogens is 771 g/mol. The summed E-state index contributed by atoms with van der Waals surface area (Å²) in [5.41, 5.74) is 0. The molecule has 0 N–H and O–H groups in total. The molecule has 0 saturated heterocycles. The minimum Gasteiger partial charge on any atom is -0.202 e. The molecule has 3 aromatic carbocycles. The van der Waals surface area contributed by atoms with Gasteiger partial charge in [0, 0.05) is 0 Å². The fourth-order valence-corrected chi connectivity index (χ4v) is 9.26. The van der Waals surface area contributed by atoms with Gasteiger partial charge in [0.15, 0.2) is 69.8 Å². The lowest BCUT2D eigenvalue weighted by Gasteiger charge is -2.60. The lowest BCUT2D eigenvalue weighted by atomic mass is 10.1. The first-order valence-electron chi connectivity index (χ1n) is 10.8. The molecule has 0 unspecified atom stereocenters. The topological polar surface area (TPSA) is 0 Å². The summed E-state index contributed by atoms with van der Waals surface area (Å²) in [5.74, 6) is -83.4. The second kappa shape index (κ2) is 10.9. The zero-order valence-corrected chi connectivity index (χ0v) is 21.8. The van der Waals surface area contributed by atoms with Gasteiger partial charge in [-0.3, -0.25) is 0 Å². The van der Waals surface area contributed by atoms with E-state index in [0.717, 1.165) is 0 Å². The summed E-state index contributed by atoms with van der Waals surface area (Å²) in [5, 5.41) is -9.47. The molecular formula is C22HF25S. The number of rotatable bonds is 6. The van der Waals surface area contributed by atoms with Gasteiger partial charge in [-0.15, -0.1) is 0 Å². The van der Waals surface area contributed by atoms with Gasteiger partial charge in [0.2, 0.25) is 17.5 Å². The van der Waals surface area contributed by atoms with Crippen LogP contribution in [0.15, 0.2) is 14.7 Å². The van der Waals surface area contributed by atoms with Crippen molar-refractivity contribution in [2.75, 3.05) is 0 Å². The third-order valence-corrected chi connectivity index (χ3v) is 11.5. The van der Waals surface area contributed by atoms with Gasteiger partial charge in [-0.2, -0.15) is 43.4 Å². The predicted octanol–water partition coefficient (Wildman–Crippen LogP) is 10.6. The Bertz CT molecular complexity index is 1620. The molecule has 0 spiro atoms. The molecule has 0 saturated carbocycles. The van der Waals surface area contributed by atoms with Gasteiger partial charge in [-0.05, 0) is 9.55 Å². The average Bonchev–Trinajstić information content (AvgIpc) is 2.98. The molecule has 0 amide bonds. The quantitative estimate of drug-likeness (QED) is 0.110. The van der Waals surface area contributed by atoms with Crippen LogP contribution >= 0.6 is 9.55 Å². The summed E-state index contributed by atoms with van der Waals surface area (Å²) >= 11 is 0. The van der Waals surface area contributed by atoms with E-state index < -0.39 is 135 Å². The van der Waals surface area contributed by atoms with Gasteiger partial charge in [0.05, 0.1) is 14.7 Å². The van der Waals surface area contributed by atoms with Gasteiger partial charge in [0.1, 0.15) is 0 Å². The van der Waals surface area contributed by atoms with Crippen LogP contribution in [0.4, 0.5) is 109 Å². The molecule has 0 radical (unpaired) electrons. The average molecular weight is 772 g/mol. The van der Waals surface area contributed by atoms with E-state index in [2.05, 4.69) is 0 Å². The molecule has 0 nitrogen and oxygen atoms in total. The highest BCUT2D eigenvalue weighted by atomic mass is 32.3. The maximum absolute atomic E-state index is 18.0. The predicted molar refractivity (Wildman–Crippen MR) is 104 cm³/mol. The number of hydrogen-bond acceptors (Lipinski definition) is 0. The summed E-state index contributed by atoms with van der Waals surface area (Å²) in [4.78, 5) is -15.4. The lowest BCUT2D eigenvalue weighted by molar-refractivity contribution is -0.382. The maximum atomic E-state index is 18.0. The molecule has 26 heteroatoms. The van der Waals surface area contributed by atoms with Crippen molar-refractivity contribution in [1.29, 1.82) is 0 Å². The Morgan fingerprint density at radius 1 is 0.271 bits per heavy atom. The Morgan fingerprint density at radius 2 is 0.438 bits per heavy atom. The monoisotopic (exact) mass is 772 g/mol. The zero-order chi connectivity index (χ0) is 37.8. The van der Waals surface area contributed by atoms with Crippen LogP contribution < -0.4 is 0 Å². The molecule has 0 aromatic heterocycles. The van der Waals surface area contributed by atoms with Crippen LogP contribution in [0.1, 0.15) is 0 Å². The number of halogens is 25. The van der Waals surface area contributed by atoms with Crippen molar-refractivity contribution in [3.63, 3.8) is 0 Å². The highest BCUT2D eigenvalue weighted by Crippen LogP contribution is 2.98. The van der Waals surface area contributed by atoms with E-state index in [1.165, 1.54) is 0 Å². The van der Waals surface area contributed by atoms with Gasteiger partial charge >= 0.3 is 23.3 Å². The van der Waals surface area contributed by atoms with E-state index in [-0.39, 0.29) is 0 Å². The third kappa shape index (κ3) is 4.18. The van der Waals surface area contributed by atoms with Crippen LogP contribution in [0.3, 0.4) is 0 Å². The molecule has 0 fully saturated rings. The Morgan fingerprint density at radius 3 is 0.604 bits per heavy atom. The summed E-state index contributed by atoms with van der Waals surface area (Å²) in [6.45, 7) is 0. The normalized spacial score (nSPS) is 14.4. The molecule has 0 aliphatic heterocycles. The maximum Gasteiger partial charge on any atom is 0.460 e. The molecule has 3 rings (SSSR count). The standard InChI is InChI=1S/C22HF25S/c23-1-4(26)10(32)16(11(33)5(1)27)48(47,17-12(34)6(28)2(24)7(29)13(17)35,18-14(36)8(30)3(25)9(31)15(18)37)22(45,46)20(40,41)19(38,39)21(42,43)44/h48H. The first kappa shape index (κ1) is 38.7. The Hall–Kier alpha value is -3.74. The van der Waals surface area contributed by atoms with E-state index >= 15 is 39.0 Å². The van der Waals surface area contributed by atoms with Crippen molar-refractivity contribution in [2.24, 2.45) is 0 Å². The fourth-order valence-electron chi connectivity index (χ4n) is 4.27. The lowest BCUT2D eigenvalue weighted by Crippen LogP contribution is -2.64. The van der Waals surface area contributed by atoms with Crippen LogP contribution in [0.5, 0.6) is 0 Å². The van der Waals surface area contributed by atoms with E-state index in [4.69, 9.17) is 0 Å². The summed E-state index contributed by atoms with van der Waals surface area (Å²) in [6, 6.07) is 0. The highest BCUT2D eigenvalue weighted by Gasteiger charge is 2.90. The Labute approximate surface area is 244 Å². The van der Waals surface area contributed by atoms with Gasteiger partial charge in [0.25, 0.3) is 0 Å². The van der Waals surface area contributed by atoms with E-state index in [0.29, 0.717) is 0 Å². The van der Waals surface area contributed by atoms with E-state index in [9.17, 15) is 70.2 Å². The second-order valence-electron chi connectivity index (χ2n) is 8.95. The summed E-state index contributed by atoms with van der Waals surface area (Å²) in [7, 11) is -12.3. The van der Waals surface area contributed by atoms with Crippen molar-refractivity contribution in [3.05, 3.63) is 87.3 Å². The van der Waals surface area contributed by atoms with Crippen molar-refractivity contribution >= 4 is 9.55 Å². The zero-order valence-electron chi connectivity index (χ0n) is 20.9. The van der Waals surface area contributed by atoms with Gasteiger partial charge in [-0.1, -0.05) is 0 Å². The van der Waals surface area contributed by atoms with E-state index in [1.54, 1.807) is 0 Å². The largest absolute Gasteiger partial charge is 0.460 e. The summed E-state index contributed by atoms with van der Waals surface area (Å²) in [6.07, 6.45) is -8.34. The van der Waals surface area contributed by atoms with Gasteiger partial charge in [-0.25, -0.2) is 65.9 Å². The Balaban J connectivity index is 3.21. The van der Waals surface area contributed by atoms with Crippen LogP contribution in [0.25, 0.3) is 0 Å². The number of hydrogen-bond donors (Lipinski definition) is 1. The van der Waals surface area contributed by atoms with Crippen LogP contribution in [0, 0.1) is 87.3 Å². The molecule has 0 aliphatic rings. The van der Waals surface area contributed by atoms with Crippen LogP contribution in [-0.2, 0) is 0 Å². The number of thiol groups is 1. The van der Waals surface area contributed by atoms with Crippen molar-refractivity contribution in [1.82, 2.24) is 0 Å². The van der Waals surface area contributed by atoms with Gasteiger partial charge < -0.3 is 0 Å². The number of alkyl halides is 9. The molecule has 0 heterocycles. The third-order valence-electron chi connectivity index (χ3n) is 6.48. The summed E-state index contributed by atoms with van der Waals surface area (Å²) < 4.78 is 365. The first-order valence-corrected chi connectivity index (χ1v) is 13.0. The first-order chi connectivity index (χ1) is 21.4. The Kier molecular flexibility index (Phi) is 8.77. The smallest absolute Gasteiger partial charge is 0.202 e. The fraction of sp³-hybridized carbons (Fsp3) is 0.182. The molecule has 48 heavy (non-hydrogen) atoms. The highest BCUT2D eigenvalue weighted by molar-refractivity contribution is 8.46.